The third-order valence-corrected chi connectivity index (χ3v) is 3.20. The first kappa shape index (κ1) is 17.8. The summed E-state index contributed by atoms with van der Waals surface area (Å²) in [7, 11) is 1.77. The van der Waals surface area contributed by atoms with Gasteiger partial charge in [0, 0.05) is 7.05 Å². The highest BCUT2D eigenvalue weighted by Gasteiger charge is 2.28. The normalized spacial score (nSPS) is 12.8. The maximum Gasteiger partial charge on any atom is 0.422 e. The molecule has 0 fully saturated rings. The Morgan fingerprint density at radius 1 is 1.42 bits per heavy atom. The number of nitrogens with one attached hydrogen (secondary N) is 1. The van der Waals surface area contributed by atoms with Crippen LogP contribution in [-0.4, -0.2) is 33.5 Å². The van der Waals surface area contributed by atoms with Crippen LogP contribution >= 0.6 is 0 Å². The van der Waals surface area contributed by atoms with Crippen molar-refractivity contribution >= 4 is 5.91 Å². The van der Waals surface area contributed by atoms with Gasteiger partial charge in [-0.1, -0.05) is 0 Å². The van der Waals surface area contributed by atoms with E-state index in [1.807, 2.05) is 13.0 Å². The number of halogens is 3. The molecule has 0 spiro atoms. The summed E-state index contributed by atoms with van der Waals surface area (Å²) in [5, 5.41) is 6.96. The maximum absolute atomic E-state index is 12.2. The first-order valence-corrected chi connectivity index (χ1v) is 7.13. The Balaban J connectivity index is 1.98. The molecule has 1 N–H and O–H groups in total. The van der Waals surface area contributed by atoms with E-state index in [0.717, 1.165) is 17.6 Å². The van der Waals surface area contributed by atoms with Crippen molar-refractivity contribution in [2.75, 3.05) is 6.61 Å². The zero-order valence-electron chi connectivity index (χ0n) is 13.4. The van der Waals surface area contributed by atoms with Crippen LogP contribution in [0, 0.1) is 6.92 Å². The van der Waals surface area contributed by atoms with E-state index in [4.69, 9.17) is 0 Å². The molecule has 24 heavy (non-hydrogen) atoms. The SMILES string of the molecule is Cc1cc(C(C)NC(=O)c2ccc(OCC(F)(F)F)cn2)n(C)n1. The Kier molecular flexibility index (Phi) is 5.10. The van der Waals surface area contributed by atoms with Crippen LogP contribution in [0.5, 0.6) is 5.75 Å². The summed E-state index contributed by atoms with van der Waals surface area (Å²) in [6.07, 6.45) is -3.34. The molecule has 0 radical (unpaired) electrons. The van der Waals surface area contributed by atoms with Crippen LogP contribution in [0.3, 0.4) is 0 Å². The molecule has 9 heteroatoms. The van der Waals surface area contributed by atoms with Crippen molar-refractivity contribution in [3.8, 4) is 5.75 Å². The fraction of sp³-hybridized carbons (Fsp3) is 0.400. The highest BCUT2D eigenvalue weighted by atomic mass is 19.4. The number of aromatic nitrogens is 3. The van der Waals surface area contributed by atoms with Crippen LogP contribution in [0.25, 0.3) is 0 Å². The monoisotopic (exact) mass is 342 g/mol. The molecular weight excluding hydrogens is 325 g/mol. The van der Waals surface area contributed by atoms with Crippen LogP contribution in [0.1, 0.15) is 34.8 Å². The van der Waals surface area contributed by atoms with Gasteiger partial charge in [-0.3, -0.25) is 9.48 Å². The van der Waals surface area contributed by atoms with Crippen molar-refractivity contribution < 1.29 is 22.7 Å². The van der Waals surface area contributed by atoms with E-state index < -0.39 is 18.7 Å². The first-order valence-electron chi connectivity index (χ1n) is 7.13. The van der Waals surface area contributed by atoms with E-state index in [0.29, 0.717) is 0 Å². The first-order chi connectivity index (χ1) is 11.2. The van der Waals surface area contributed by atoms with Crippen molar-refractivity contribution in [3.63, 3.8) is 0 Å². The van der Waals surface area contributed by atoms with E-state index in [9.17, 15) is 18.0 Å². The van der Waals surface area contributed by atoms with Crippen molar-refractivity contribution in [1.29, 1.82) is 0 Å². The summed E-state index contributed by atoms with van der Waals surface area (Å²) in [6.45, 7) is 2.24. The molecule has 0 aromatic carbocycles. The molecule has 0 aliphatic carbocycles. The smallest absolute Gasteiger partial charge is 0.422 e. The van der Waals surface area contributed by atoms with E-state index in [2.05, 4.69) is 20.1 Å². The third-order valence-electron chi connectivity index (χ3n) is 3.20. The largest absolute Gasteiger partial charge is 0.483 e. The van der Waals surface area contributed by atoms with Crippen LogP contribution < -0.4 is 10.1 Å². The number of carbonyl (C=O) groups excluding carboxylic acids is 1. The zero-order chi connectivity index (χ0) is 17.9. The summed E-state index contributed by atoms with van der Waals surface area (Å²) in [6, 6.07) is 4.13. The molecule has 1 unspecified atom stereocenters. The number of carbonyl (C=O) groups is 1. The lowest BCUT2D eigenvalue weighted by atomic mass is 10.2. The van der Waals surface area contributed by atoms with Gasteiger partial charge in [0.15, 0.2) is 6.61 Å². The summed E-state index contributed by atoms with van der Waals surface area (Å²) in [5.41, 5.74) is 1.74. The Bertz CT molecular complexity index is 710. The number of ether oxygens (including phenoxy) is 1. The van der Waals surface area contributed by atoms with E-state index >= 15 is 0 Å². The second-order valence-electron chi connectivity index (χ2n) is 5.31. The topological polar surface area (TPSA) is 69.0 Å². The van der Waals surface area contributed by atoms with Crippen molar-refractivity contribution in [1.82, 2.24) is 20.1 Å². The summed E-state index contributed by atoms with van der Waals surface area (Å²) < 4.78 is 42.4. The second kappa shape index (κ2) is 6.90. The van der Waals surface area contributed by atoms with Gasteiger partial charge in [-0.2, -0.15) is 18.3 Å². The Hall–Kier alpha value is -2.58. The van der Waals surface area contributed by atoms with Crippen LogP contribution in [0.2, 0.25) is 0 Å². The van der Waals surface area contributed by atoms with Crippen LogP contribution in [0.4, 0.5) is 13.2 Å². The van der Waals surface area contributed by atoms with Gasteiger partial charge in [-0.25, -0.2) is 4.98 Å². The number of alkyl halides is 3. The molecular formula is C15H17F3N4O2. The molecule has 0 aliphatic heterocycles. The van der Waals surface area contributed by atoms with Crippen LogP contribution in [-0.2, 0) is 7.05 Å². The van der Waals surface area contributed by atoms with Crippen molar-refractivity contribution in [2.45, 2.75) is 26.1 Å². The maximum atomic E-state index is 12.2. The summed E-state index contributed by atoms with van der Waals surface area (Å²) in [5.74, 6) is -0.497. The standard InChI is InChI=1S/C15H17F3N4O2/c1-9-6-13(22(3)21-9)10(2)20-14(23)12-5-4-11(7-19-12)24-8-15(16,17)18/h4-7,10H,8H2,1-3H3,(H,20,23). The highest BCUT2D eigenvalue weighted by molar-refractivity contribution is 5.92. The van der Waals surface area contributed by atoms with Crippen molar-refractivity contribution in [3.05, 3.63) is 41.5 Å². The van der Waals surface area contributed by atoms with Gasteiger partial charge in [0.25, 0.3) is 5.91 Å². The fourth-order valence-corrected chi connectivity index (χ4v) is 2.15. The van der Waals surface area contributed by atoms with Gasteiger partial charge in [-0.05, 0) is 32.0 Å². The Morgan fingerprint density at radius 2 is 2.12 bits per heavy atom. The molecule has 2 aromatic rings. The number of pyridine rings is 1. The summed E-state index contributed by atoms with van der Waals surface area (Å²) in [4.78, 5) is 16.0. The Morgan fingerprint density at radius 3 is 2.62 bits per heavy atom. The van der Waals surface area contributed by atoms with E-state index in [1.165, 1.54) is 12.1 Å². The average Bonchev–Trinajstić information content (AvgIpc) is 2.83. The fourth-order valence-electron chi connectivity index (χ4n) is 2.15. The molecule has 6 nitrogen and oxygen atoms in total. The quantitative estimate of drug-likeness (QED) is 0.907. The predicted octanol–water partition coefficient (Wildman–Crippen LogP) is 2.56. The average molecular weight is 342 g/mol. The van der Waals surface area contributed by atoms with Gasteiger partial charge in [0.2, 0.25) is 0 Å². The van der Waals surface area contributed by atoms with Gasteiger partial charge < -0.3 is 10.1 Å². The lowest BCUT2D eigenvalue weighted by Gasteiger charge is -2.14. The third kappa shape index (κ3) is 4.71. The number of hydrogen-bond acceptors (Lipinski definition) is 4. The predicted molar refractivity (Wildman–Crippen MR) is 79.6 cm³/mol. The van der Waals surface area contributed by atoms with Crippen LogP contribution in [0.15, 0.2) is 24.4 Å². The number of amides is 1. The minimum absolute atomic E-state index is 0.0563. The van der Waals surface area contributed by atoms with Gasteiger partial charge in [-0.15, -0.1) is 0 Å². The second-order valence-corrected chi connectivity index (χ2v) is 5.31. The minimum Gasteiger partial charge on any atom is -0.483 e. The van der Waals surface area contributed by atoms with Gasteiger partial charge >= 0.3 is 6.18 Å². The van der Waals surface area contributed by atoms with Gasteiger partial charge in [0.05, 0.1) is 23.6 Å². The summed E-state index contributed by atoms with van der Waals surface area (Å²) >= 11 is 0. The molecule has 1 atom stereocenters. The van der Waals surface area contributed by atoms with Gasteiger partial charge in [0.1, 0.15) is 11.4 Å². The van der Waals surface area contributed by atoms with E-state index in [-0.39, 0.29) is 17.5 Å². The highest BCUT2D eigenvalue weighted by Crippen LogP contribution is 2.18. The zero-order valence-corrected chi connectivity index (χ0v) is 13.4. The Labute approximate surface area is 136 Å². The minimum atomic E-state index is -4.42. The van der Waals surface area contributed by atoms with E-state index in [1.54, 1.807) is 18.7 Å². The number of aryl methyl sites for hydroxylation is 2. The molecule has 0 aliphatic rings. The molecule has 0 saturated carbocycles. The number of rotatable bonds is 5. The molecule has 130 valence electrons. The number of nitrogens with zero attached hydrogens (tertiary/aromatic N) is 3. The molecule has 2 aromatic heterocycles. The van der Waals surface area contributed by atoms with Crippen molar-refractivity contribution in [2.24, 2.45) is 7.05 Å². The molecule has 2 rings (SSSR count). The molecule has 2 heterocycles. The molecule has 1 amide bonds. The molecule has 0 bridgehead atoms. The number of hydrogen-bond donors (Lipinski definition) is 1. The molecule has 0 saturated heterocycles. The lowest BCUT2D eigenvalue weighted by Crippen LogP contribution is -2.28. The lowest BCUT2D eigenvalue weighted by molar-refractivity contribution is -0.153.